The molecule has 21 heavy (non-hydrogen) atoms. The highest BCUT2D eigenvalue weighted by molar-refractivity contribution is 9.10. The average molecular weight is 367 g/mol. The van der Waals surface area contributed by atoms with Gasteiger partial charge < -0.3 is 5.32 Å². The van der Waals surface area contributed by atoms with E-state index < -0.39 is 0 Å². The molecule has 0 aromatic heterocycles. The van der Waals surface area contributed by atoms with Crippen LogP contribution >= 0.6 is 27.5 Å². The number of carbonyl (C=O) groups is 1. The Morgan fingerprint density at radius 2 is 1.90 bits per heavy atom. The van der Waals surface area contributed by atoms with Crippen LogP contribution in [0.2, 0.25) is 5.02 Å². The van der Waals surface area contributed by atoms with Gasteiger partial charge in [-0.1, -0.05) is 35.4 Å². The molecule has 1 unspecified atom stereocenters. The molecule has 0 saturated heterocycles. The molecule has 0 radical (unpaired) electrons. The quantitative estimate of drug-likeness (QED) is 0.793. The van der Waals surface area contributed by atoms with Crippen molar-refractivity contribution in [2.75, 3.05) is 0 Å². The molecule has 0 saturated carbocycles. The number of amides is 1. The van der Waals surface area contributed by atoms with Crippen molar-refractivity contribution in [3.05, 3.63) is 68.1 Å². The second-order valence-electron chi connectivity index (χ2n) is 5.18. The molecular formula is C17H17BrClNO. The summed E-state index contributed by atoms with van der Waals surface area (Å²) >= 11 is 9.27. The van der Waals surface area contributed by atoms with Gasteiger partial charge in [-0.3, -0.25) is 4.79 Å². The third-order valence-electron chi connectivity index (χ3n) is 3.42. The van der Waals surface area contributed by atoms with Crippen LogP contribution in [0.15, 0.2) is 40.9 Å². The van der Waals surface area contributed by atoms with Crippen molar-refractivity contribution in [1.29, 1.82) is 0 Å². The van der Waals surface area contributed by atoms with Crippen LogP contribution in [0.3, 0.4) is 0 Å². The summed E-state index contributed by atoms with van der Waals surface area (Å²) in [5, 5.41) is 3.63. The van der Waals surface area contributed by atoms with Crippen LogP contribution in [0.5, 0.6) is 0 Å². The first-order chi connectivity index (χ1) is 9.88. The van der Waals surface area contributed by atoms with Crippen molar-refractivity contribution in [2.45, 2.75) is 26.8 Å². The minimum absolute atomic E-state index is 0.0556. The molecule has 0 heterocycles. The lowest BCUT2D eigenvalue weighted by Crippen LogP contribution is -2.27. The van der Waals surface area contributed by atoms with E-state index >= 15 is 0 Å². The minimum Gasteiger partial charge on any atom is -0.345 e. The van der Waals surface area contributed by atoms with Gasteiger partial charge in [0.15, 0.2) is 0 Å². The van der Waals surface area contributed by atoms with Gasteiger partial charge in [-0.05, 0) is 66.0 Å². The standard InChI is InChI=1S/C17H17BrClNO/c1-10-4-5-11(2)15(8-10)12(3)20-17(21)14-7-6-13(19)9-16(14)18/h4-9,12H,1-3H3,(H,20,21). The molecule has 0 bridgehead atoms. The number of benzene rings is 2. The Morgan fingerprint density at radius 1 is 1.19 bits per heavy atom. The summed E-state index contributed by atoms with van der Waals surface area (Å²) in [7, 11) is 0. The molecule has 2 aromatic carbocycles. The van der Waals surface area contributed by atoms with Gasteiger partial charge in [0.2, 0.25) is 0 Å². The predicted molar refractivity (Wildman–Crippen MR) is 90.9 cm³/mol. The van der Waals surface area contributed by atoms with E-state index in [1.807, 2.05) is 13.8 Å². The van der Waals surface area contributed by atoms with Crippen molar-refractivity contribution in [3.63, 3.8) is 0 Å². The number of carbonyl (C=O) groups excluding carboxylic acids is 1. The van der Waals surface area contributed by atoms with E-state index in [1.165, 1.54) is 11.1 Å². The van der Waals surface area contributed by atoms with E-state index in [9.17, 15) is 4.79 Å². The van der Waals surface area contributed by atoms with E-state index in [-0.39, 0.29) is 11.9 Å². The molecule has 0 fully saturated rings. The maximum Gasteiger partial charge on any atom is 0.252 e. The first kappa shape index (κ1) is 16.1. The maximum atomic E-state index is 12.4. The van der Waals surface area contributed by atoms with Gasteiger partial charge in [-0.15, -0.1) is 0 Å². The van der Waals surface area contributed by atoms with Gasteiger partial charge in [0, 0.05) is 9.50 Å². The zero-order valence-corrected chi connectivity index (χ0v) is 14.5. The number of nitrogens with one attached hydrogen (secondary N) is 1. The van der Waals surface area contributed by atoms with Crippen LogP contribution in [0, 0.1) is 13.8 Å². The minimum atomic E-state index is -0.119. The fraction of sp³-hybridized carbons (Fsp3) is 0.235. The molecule has 0 spiro atoms. The fourth-order valence-electron chi connectivity index (χ4n) is 2.25. The number of aryl methyl sites for hydroxylation is 2. The van der Waals surface area contributed by atoms with Gasteiger partial charge in [-0.25, -0.2) is 0 Å². The van der Waals surface area contributed by atoms with Gasteiger partial charge >= 0.3 is 0 Å². The van der Waals surface area contributed by atoms with Gasteiger partial charge in [0.1, 0.15) is 0 Å². The Hall–Kier alpha value is -1.32. The summed E-state index contributed by atoms with van der Waals surface area (Å²) in [4.78, 5) is 12.4. The highest BCUT2D eigenvalue weighted by atomic mass is 79.9. The van der Waals surface area contributed by atoms with Crippen LogP contribution < -0.4 is 5.32 Å². The molecule has 1 atom stereocenters. The summed E-state index contributed by atoms with van der Waals surface area (Å²) < 4.78 is 0.695. The van der Waals surface area contributed by atoms with Crippen molar-refractivity contribution in [3.8, 4) is 0 Å². The Balaban J connectivity index is 2.20. The van der Waals surface area contributed by atoms with Gasteiger partial charge in [0.25, 0.3) is 5.91 Å². The van der Waals surface area contributed by atoms with Crippen LogP contribution in [-0.2, 0) is 0 Å². The number of halogens is 2. The lowest BCUT2D eigenvalue weighted by atomic mass is 10.00. The lowest BCUT2D eigenvalue weighted by Gasteiger charge is -2.18. The molecular weight excluding hydrogens is 350 g/mol. The zero-order valence-electron chi connectivity index (χ0n) is 12.2. The van der Waals surface area contributed by atoms with E-state index in [2.05, 4.69) is 46.4 Å². The first-order valence-electron chi connectivity index (χ1n) is 6.71. The summed E-state index contributed by atoms with van der Waals surface area (Å²) in [6.45, 7) is 6.09. The monoisotopic (exact) mass is 365 g/mol. The lowest BCUT2D eigenvalue weighted by molar-refractivity contribution is 0.0939. The molecule has 1 amide bonds. The van der Waals surface area contributed by atoms with Crippen LogP contribution in [0.25, 0.3) is 0 Å². The van der Waals surface area contributed by atoms with Crippen LogP contribution in [0.1, 0.15) is 40.0 Å². The van der Waals surface area contributed by atoms with E-state index in [0.29, 0.717) is 15.1 Å². The van der Waals surface area contributed by atoms with Crippen molar-refractivity contribution in [2.24, 2.45) is 0 Å². The topological polar surface area (TPSA) is 29.1 Å². The molecule has 0 aliphatic heterocycles. The van der Waals surface area contributed by atoms with Gasteiger partial charge in [0.05, 0.1) is 11.6 Å². The number of rotatable bonds is 3. The molecule has 2 nitrogen and oxygen atoms in total. The number of hydrogen-bond acceptors (Lipinski definition) is 1. The van der Waals surface area contributed by atoms with Crippen LogP contribution in [-0.4, -0.2) is 5.91 Å². The molecule has 0 aliphatic carbocycles. The average Bonchev–Trinajstić information content (AvgIpc) is 2.41. The molecule has 2 aromatic rings. The number of hydrogen-bond donors (Lipinski definition) is 1. The second kappa shape index (κ2) is 6.63. The maximum absolute atomic E-state index is 12.4. The SMILES string of the molecule is Cc1ccc(C)c(C(C)NC(=O)c2ccc(Cl)cc2Br)c1. The Morgan fingerprint density at radius 3 is 2.57 bits per heavy atom. The zero-order chi connectivity index (χ0) is 15.6. The normalized spacial score (nSPS) is 12.0. The Bertz CT molecular complexity index is 684. The first-order valence-corrected chi connectivity index (χ1v) is 7.88. The molecule has 4 heteroatoms. The molecule has 1 N–H and O–H groups in total. The van der Waals surface area contributed by atoms with Crippen LogP contribution in [0.4, 0.5) is 0 Å². The fourth-order valence-corrected chi connectivity index (χ4v) is 3.11. The smallest absolute Gasteiger partial charge is 0.252 e. The molecule has 2 rings (SSSR count). The summed E-state index contributed by atoms with van der Waals surface area (Å²) in [6.07, 6.45) is 0. The highest BCUT2D eigenvalue weighted by Crippen LogP contribution is 2.23. The predicted octanol–water partition coefficient (Wildman–Crippen LogP) is 5.21. The van der Waals surface area contributed by atoms with Crippen molar-refractivity contribution in [1.82, 2.24) is 5.32 Å². The second-order valence-corrected chi connectivity index (χ2v) is 6.47. The summed E-state index contributed by atoms with van der Waals surface area (Å²) in [6, 6.07) is 11.4. The van der Waals surface area contributed by atoms with Crippen molar-refractivity contribution < 1.29 is 4.79 Å². The van der Waals surface area contributed by atoms with E-state index in [0.717, 1.165) is 5.56 Å². The third-order valence-corrected chi connectivity index (χ3v) is 4.32. The van der Waals surface area contributed by atoms with E-state index in [4.69, 9.17) is 11.6 Å². The Kier molecular flexibility index (Phi) is 5.07. The summed E-state index contributed by atoms with van der Waals surface area (Å²) in [5.74, 6) is -0.119. The third kappa shape index (κ3) is 3.86. The van der Waals surface area contributed by atoms with E-state index in [1.54, 1.807) is 18.2 Å². The largest absolute Gasteiger partial charge is 0.345 e. The highest BCUT2D eigenvalue weighted by Gasteiger charge is 2.15. The molecule has 0 aliphatic rings. The Labute approximate surface area is 138 Å². The van der Waals surface area contributed by atoms with Gasteiger partial charge in [-0.2, -0.15) is 0 Å². The van der Waals surface area contributed by atoms with Crippen molar-refractivity contribution >= 4 is 33.4 Å². The summed E-state index contributed by atoms with van der Waals surface area (Å²) in [5.41, 5.74) is 4.07. The molecule has 110 valence electrons.